The maximum absolute atomic E-state index is 10.9. The maximum atomic E-state index is 10.9. The van der Waals surface area contributed by atoms with Gasteiger partial charge in [-0.1, -0.05) is 12.8 Å². The number of imidazole rings is 1. The van der Waals surface area contributed by atoms with E-state index in [1.165, 1.54) is 18.5 Å². The molecular weight excluding hydrogens is 444 g/mol. The summed E-state index contributed by atoms with van der Waals surface area (Å²) in [5, 5.41) is 12.7. The lowest BCUT2D eigenvalue weighted by Crippen LogP contribution is -2.43. The lowest BCUT2D eigenvalue weighted by Gasteiger charge is -2.29. The van der Waals surface area contributed by atoms with Crippen molar-refractivity contribution in [3.63, 3.8) is 0 Å². The Labute approximate surface area is 204 Å². The second-order valence-corrected chi connectivity index (χ2v) is 9.14. The number of nitrogens with zero attached hydrogens (tertiary/aromatic N) is 5. The van der Waals surface area contributed by atoms with Crippen LogP contribution in [0.2, 0.25) is 0 Å². The van der Waals surface area contributed by atoms with Crippen molar-refractivity contribution in [2.24, 2.45) is 5.73 Å². The van der Waals surface area contributed by atoms with Crippen molar-refractivity contribution in [2.45, 2.75) is 38.1 Å². The summed E-state index contributed by atoms with van der Waals surface area (Å²) < 4.78 is 2.20. The predicted molar refractivity (Wildman–Crippen MR) is 138 cm³/mol. The molecule has 0 spiro atoms. The van der Waals surface area contributed by atoms with Crippen LogP contribution in [0.25, 0.3) is 11.2 Å². The fraction of sp³-hybridized carbons (Fsp3) is 0.500. The Morgan fingerprint density at radius 3 is 2.60 bits per heavy atom. The number of amides is 2. The van der Waals surface area contributed by atoms with Crippen LogP contribution < -0.4 is 31.9 Å². The SMILES string of the molecule is NC(=O)NCCCNc1nc(Nc2ccc(N3CCNCC3)cc2)c2ncn(C3CCCC3)c2n1. The number of anilines is 4. The third kappa shape index (κ3) is 5.56. The van der Waals surface area contributed by atoms with E-state index in [4.69, 9.17) is 20.7 Å². The van der Waals surface area contributed by atoms with Crippen LogP contribution in [0.1, 0.15) is 38.1 Å². The van der Waals surface area contributed by atoms with Gasteiger partial charge in [0.2, 0.25) is 5.95 Å². The number of urea groups is 1. The minimum absolute atomic E-state index is 0.425. The summed E-state index contributed by atoms with van der Waals surface area (Å²) in [6.07, 6.45) is 7.37. The Morgan fingerprint density at radius 1 is 1.09 bits per heavy atom. The van der Waals surface area contributed by atoms with E-state index < -0.39 is 6.03 Å². The van der Waals surface area contributed by atoms with Crippen molar-refractivity contribution in [3.8, 4) is 0 Å². The number of hydrogen-bond donors (Lipinski definition) is 5. The number of hydrogen-bond acceptors (Lipinski definition) is 8. The fourth-order valence-electron chi connectivity index (χ4n) is 4.85. The molecule has 35 heavy (non-hydrogen) atoms. The Balaban J connectivity index is 1.36. The number of carbonyl (C=O) groups is 1. The van der Waals surface area contributed by atoms with Gasteiger partial charge in [0.05, 0.1) is 6.33 Å². The monoisotopic (exact) mass is 478 g/mol. The molecule has 186 valence electrons. The van der Waals surface area contributed by atoms with E-state index in [0.29, 0.717) is 37.3 Å². The highest BCUT2D eigenvalue weighted by Crippen LogP contribution is 2.33. The normalized spacial score (nSPS) is 16.5. The first kappa shape index (κ1) is 23.2. The molecule has 6 N–H and O–H groups in total. The zero-order valence-electron chi connectivity index (χ0n) is 20.0. The second-order valence-electron chi connectivity index (χ2n) is 9.14. The molecule has 0 unspecified atom stereocenters. The Morgan fingerprint density at radius 2 is 1.86 bits per heavy atom. The Hall–Kier alpha value is -3.60. The van der Waals surface area contributed by atoms with Gasteiger partial charge in [-0.25, -0.2) is 9.78 Å². The lowest BCUT2D eigenvalue weighted by molar-refractivity contribution is 0.249. The molecule has 1 aromatic carbocycles. The van der Waals surface area contributed by atoms with Gasteiger partial charge in [0.15, 0.2) is 17.0 Å². The van der Waals surface area contributed by atoms with E-state index in [0.717, 1.165) is 55.9 Å². The van der Waals surface area contributed by atoms with Crippen LogP contribution in [0, 0.1) is 0 Å². The number of piperazine rings is 1. The summed E-state index contributed by atoms with van der Waals surface area (Å²) in [7, 11) is 0. The zero-order chi connectivity index (χ0) is 24.0. The summed E-state index contributed by atoms with van der Waals surface area (Å²) in [4.78, 5) is 27.5. The van der Waals surface area contributed by atoms with Crippen molar-refractivity contribution in [1.82, 2.24) is 30.2 Å². The fourth-order valence-corrected chi connectivity index (χ4v) is 4.85. The number of benzene rings is 1. The molecule has 2 aliphatic rings. The number of nitrogens with one attached hydrogen (secondary N) is 4. The van der Waals surface area contributed by atoms with Crippen molar-refractivity contribution < 1.29 is 4.79 Å². The van der Waals surface area contributed by atoms with Gasteiger partial charge < -0.3 is 36.5 Å². The van der Waals surface area contributed by atoms with Gasteiger partial charge in [0.25, 0.3) is 0 Å². The summed E-state index contributed by atoms with van der Waals surface area (Å²) >= 11 is 0. The van der Waals surface area contributed by atoms with E-state index >= 15 is 0 Å². The molecule has 2 amide bonds. The number of rotatable bonds is 9. The molecule has 11 heteroatoms. The van der Waals surface area contributed by atoms with E-state index in [1.807, 2.05) is 6.33 Å². The van der Waals surface area contributed by atoms with Gasteiger partial charge in [-0.3, -0.25) is 0 Å². The topological polar surface area (TPSA) is 138 Å². The summed E-state index contributed by atoms with van der Waals surface area (Å²) in [6, 6.07) is 8.37. The molecular formula is C24H34N10O. The third-order valence-corrected chi connectivity index (χ3v) is 6.69. The molecule has 0 radical (unpaired) electrons. The molecule has 1 saturated heterocycles. The van der Waals surface area contributed by atoms with Crippen LogP contribution in [0.3, 0.4) is 0 Å². The Kier molecular flexibility index (Phi) is 7.12. The van der Waals surface area contributed by atoms with Crippen LogP contribution in [-0.4, -0.2) is 64.8 Å². The van der Waals surface area contributed by atoms with E-state index in [1.54, 1.807) is 0 Å². The van der Waals surface area contributed by atoms with Crippen molar-refractivity contribution in [2.75, 3.05) is 54.8 Å². The number of carbonyl (C=O) groups excluding carboxylic acids is 1. The number of nitrogens with two attached hydrogens (primary N) is 1. The summed E-state index contributed by atoms with van der Waals surface area (Å²) in [6.45, 7) is 5.16. The van der Waals surface area contributed by atoms with Crippen molar-refractivity contribution in [1.29, 1.82) is 0 Å². The predicted octanol–water partition coefficient (Wildman–Crippen LogP) is 2.56. The first-order valence-electron chi connectivity index (χ1n) is 12.5. The van der Waals surface area contributed by atoms with Gasteiger partial charge >= 0.3 is 6.03 Å². The highest BCUT2D eigenvalue weighted by atomic mass is 16.2. The van der Waals surface area contributed by atoms with Crippen LogP contribution in [-0.2, 0) is 0 Å². The van der Waals surface area contributed by atoms with Crippen molar-refractivity contribution in [3.05, 3.63) is 30.6 Å². The minimum Gasteiger partial charge on any atom is -0.369 e. The van der Waals surface area contributed by atoms with Gasteiger partial charge in [0, 0.05) is 56.7 Å². The van der Waals surface area contributed by atoms with Gasteiger partial charge in [-0.2, -0.15) is 9.97 Å². The highest BCUT2D eigenvalue weighted by Gasteiger charge is 2.22. The average molecular weight is 479 g/mol. The van der Waals surface area contributed by atoms with Gasteiger partial charge in [0.1, 0.15) is 0 Å². The van der Waals surface area contributed by atoms with E-state index in [-0.39, 0.29) is 0 Å². The number of fused-ring (bicyclic) bond motifs is 1. The molecule has 1 saturated carbocycles. The molecule has 0 bridgehead atoms. The summed E-state index contributed by atoms with van der Waals surface area (Å²) in [5.74, 6) is 1.22. The van der Waals surface area contributed by atoms with Crippen LogP contribution in [0.4, 0.5) is 27.9 Å². The summed E-state index contributed by atoms with van der Waals surface area (Å²) in [5.41, 5.74) is 8.92. The smallest absolute Gasteiger partial charge is 0.312 e. The quantitative estimate of drug-likeness (QED) is 0.296. The molecule has 2 aromatic heterocycles. The number of primary amides is 1. The third-order valence-electron chi connectivity index (χ3n) is 6.69. The molecule has 1 aliphatic heterocycles. The number of aromatic nitrogens is 4. The average Bonchev–Trinajstić information content (AvgIpc) is 3.55. The first-order chi connectivity index (χ1) is 17.2. The van der Waals surface area contributed by atoms with E-state index in [2.05, 4.69) is 55.0 Å². The van der Waals surface area contributed by atoms with Crippen LogP contribution >= 0.6 is 0 Å². The van der Waals surface area contributed by atoms with Gasteiger partial charge in [-0.05, 0) is 43.5 Å². The largest absolute Gasteiger partial charge is 0.369 e. The van der Waals surface area contributed by atoms with Crippen molar-refractivity contribution >= 4 is 40.3 Å². The van der Waals surface area contributed by atoms with Crippen LogP contribution in [0.5, 0.6) is 0 Å². The second kappa shape index (κ2) is 10.8. The molecule has 0 atom stereocenters. The van der Waals surface area contributed by atoms with Gasteiger partial charge in [-0.15, -0.1) is 0 Å². The van der Waals surface area contributed by atoms with E-state index in [9.17, 15) is 4.79 Å². The lowest BCUT2D eigenvalue weighted by atomic mass is 10.2. The molecule has 3 aromatic rings. The minimum atomic E-state index is -0.516. The first-order valence-corrected chi connectivity index (χ1v) is 12.5. The molecule has 3 heterocycles. The Bertz CT molecular complexity index is 1130. The maximum Gasteiger partial charge on any atom is 0.312 e. The molecule has 2 fully saturated rings. The molecule has 1 aliphatic carbocycles. The zero-order valence-corrected chi connectivity index (χ0v) is 20.0. The molecule has 5 rings (SSSR count). The molecule has 11 nitrogen and oxygen atoms in total. The highest BCUT2D eigenvalue weighted by molar-refractivity contribution is 5.86. The van der Waals surface area contributed by atoms with Crippen LogP contribution in [0.15, 0.2) is 30.6 Å². The standard InChI is InChI=1S/C24H34N10O/c25-23(35)27-10-3-11-28-24-31-21(20-22(32-24)34(16-29-20)19-4-1-2-5-19)30-17-6-8-18(9-7-17)33-14-12-26-13-15-33/h6-9,16,19,26H,1-5,10-15H2,(H3,25,27,35)(H2,28,30,31,32).